The van der Waals surface area contributed by atoms with Gasteiger partial charge in [0, 0.05) is 10.9 Å². The summed E-state index contributed by atoms with van der Waals surface area (Å²) in [6.07, 6.45) is 3.07. The lowest BCUT2D eigenvalue weighted by Gasteiger charge is -2.50. The third-order valence-corrected chi connectivity index (χ3v) is 12.6. The SMILES string of the molecule is CCc1ccc(N2C(=O)C3CC=C4C(CC5C(=O)N(Nc6ccc(Cl)cc6Cl)C(=O)C5(c5ccc(OC)cc5)C4c4cc(Cl)c(O)c(OC)c4)C3C2=O)cc1. The van der Waals surface area contributed by atoms with Gasteiger partial charge in [0.15, 0.2) is 11.5 Å². The molecule has 282 valence electrons. The molecule has 2 saturated heterocycles. The summed E-state index contributed by atoms with van der Waals surface area (Å²) in [6.45, 7) is 2.03. The van der Waals surface area contributed by atoms with Crippen LogP contribution in [0.15, 0.2) is 90.5 Å². The molecule has 55 heavy (non-hydrogen) atoms. The van der Waals surface area contributed by atoms with Crippen LogP contribution in [0.25, 0.3) is 0 Å². The molecule has 1 saturated carbocycles. The van der Waals surface area contributed by atoms with Crippen molar-refractivity contribution in [3.63, 3.8) is 0 Å². The zero-order valence-electron chi connectivity index (χ0n) is 30.0. The predicted molar refractivity (Wildman–Crippen MR) is 209 cm³/mol. The van der Waals surface area contributed by atoms with E-state index >= 15 is 4.79 Å². The number of phenols is 1. The summed E-state index contributed by atoms with van der Waals surface area (Å²) in [5.74, 6) is -5.51. The number of halogens is 3. The van der Waals surface area contributed by atoms with Gasteiger partial charge < -0.3 is 14.6 Å². The molecule has 6 atom stereocenters. The number of hydrogen-bond donors (Lipinski definition) is 2. The zero-order valence-corrected chi connectivity index (χ0v) is 32.3. The molecule has 8 rings (SSSR count). The molecule has 13 heteroatoms. The first kappa shape index (κ1) is 36.9. The molecule has 4 aromatic rings. The molecule has 4 aromatic carbocycles. The average Bonchev–Trinajstić information content (AvgIpc) is 3.57. The van der Waals surface area contributed by atoms with E-state index in [0.717, 1.165) is 17.0 Å². The maximum Gasteiger partial charge on any atom is 0.260 e. The van der Waals surface area contributed by atoms with Crippen molar-refractivity contribution >= 4 is 69.8 Å². The van der Waals surface area contributed by atoms with Gasteiger partial charge in [0.05, 0.1) is 58.8 Å². The van der Waals surface area contributed by atoms with Crippen LogP contribution >= 0.6 is 34.8 Å². The first-order valence-electron chi connectivity index (χ1n) is 17.9. The van der Waals surface area contributed by atoms with Crippen LogP contribution in [0.1, 0.15) is 42.4 Å². The van der Waals surface area contributed by atoms with Crippen molar-refractivity contribution in [2.24, 2.45) is 23.7 Å². The number of nitrogens with zero attached hydrogens (tertiary/aromatic N) is 2. The normalized spacial score (nSPS) is 25.7. The van der Waals surface area contributed by atoms with E-state index in [-0.39, 0.29) is 51.9 Å². The Hall–Kier alpha value is -5.03. The number of phenolic OH excluding ortho intramolecular Hbond substituents is 1. The van der Waals surface area contributed by atoms with Crippen molar-refractivity contribution < 1.29 is 33.8 Å². The second-order valence-corrected chi connectivity index (χ2v) is 15.5. The number of imide groups is 2. The fourth-order valence-corrected chi connectivity index (χ4v) is 9.94. The Morgan fingerprint density at radius 2 is 1.56 bits per heavy atom. The summed E-state index contributed by atoms with van der Waals surface area (Å²) in [5, 5.41) is 12.4. The maximum absolute atomic E-state index is 15.5. The van der Waals surface area contributed by atoms with Crippen LogP contribution < -0.4 is 19.8 Å². The first-order valence-corrected chi connectivity index (χ1v) is 19.1. The van der Waals surface area contributed by atoms with Crippen molar-refractivity contribution in [1.82, 2.24) is 5.01 Å². The van der Waals surface area contributed by atoms with E-state index in [0.29, 0.717) is 33.2 Å². The lowest BCUT2D eigenvalue weighted by Crippen LogP contribution is -2.53. The summed E-state index contributed by atoms with van der Waals surface area (Å²) in [4.78, 5) is 60.5. The number of fused-ring (bicyclic) bond motifs is 4. The second-order valence-electron chi connectivity index (χ2n) is 14.3. The molecule has 4 aliphatic rings. The minimum atomic E-state index is -1.61. The Morgan fingerprint density at radius 3 is 2.22 bits per heavy atom. The highest BCUT2D eigenvalue weighted by Crippen LogP contribution is 2.65. The van der Waals surface area contributed by atoms with Gasteiger partial charge in [-0.25, -0.2) is 0 Å². The number of aromatic hydroxyl groups is 1. The summed E-state index contributed by atoms with van der Waals surface area (Å²) < 4.78 is 11.0. The van der Waals surface area contributed by atoms with E-state index in [9.17, 15) is 19.5 Å². The quantitative estimate of drug-likeness (QED) is 0.135. The molecular weight excluding hydrogens is 765 g/mol. The van der Waals surface area contributed by atoms with Crippen LogP contribution in [0, 0.1) is 23.7 Å². The van der Waals surface area contributed by atoms with Crippen LogP contribution in [0.4, 0.5) is 11.4 Å². The molecule has 3 fully saturated rings. The minimum Gasteiger partial charge on any atom is -0.503 e. The van der Waals surface area contributed by atoms with Crippen molar-refractivity contribution in [3.05, 3.63) is 122 Å². The van der Waals surface area contributed by atoms with E-state index in [4.69, 9.17) is 44.3 Å². The highest BCUT2D eigenvalue weighted by Gasteiger charge is 2.70. The number of carbonyl (C=O) groups excluding carboxylic acids is 4. The second kappa shape index (κ2) is 13.9. The number of methoxy groups -OCH3 is 2. The van der Waals surface area contributed by atoms with Gasteiger partial charge in [0.1, 0.15) is 5.75 Å². The van der Waals surface area contributed by atoms with Gasteiger partial charge in [0.2, 0.25) is 11.8 Å². The Morgan fingerprint density at radius 1 is 0.836 bits per heavy atom. The van der Waals surface area contributed by atoms with Crippen molar-refractivity contribution in [2.45, 2.75) is 37.5 Å². The zero-order chi connectivity index (χ0) is 38.9. The standard InChI is InChI=1S/C42H36Cl3N3O7/c1-4-21-5-10-25(11-6-21)47-38(50)28-15-14-27-29(35(28)40(47)52)20-30-39(51)48(46-33-16-9-24(43)19-31(33)44)41(53)42(30,23-7-12-26(54-2)13-8-23)36(27)22-17-32(45)37(49)34(18-22)55-3/h5-14,16-19,28-30,35-36,46,49H,4,15,20H2,1-3H3. The number of anilines is 2. The van der Waals surface area contributed by atoms with E-state index in [1.807, 2.05) is 25.1 Å². The molecule has 4 amide bonds. The number of aryl methyl sites for hydroxylation is 1. The molecule has 0 spiro atoms. The van der Waals surface area contributed by atoms with E-state index < -0.39 is 46.8 Å². The number of nitrogens with one attached hydrogen (secondary N) is 1. The van der Waals surface area contributed by atoms with Gasteiger partial charge in [-0.15, -0.1) is 0 Å². The highest BCUT2D eigenvalue weighted by molar-refractivity contribution is 6.36. The first-order chi connectivity index (χ1) is 26.4. The van der Waals surface area contributed by atoms with Gasteiger partial charge in [0.25, 0.3) is 11.8 Å². The number of allylic oxidation sites excluding steroid dienone is 2. The van der Waals surface area contributed by atoms with Crippen LogP contribution in [0.5, 0.6) is 17.2 Å². The Bertz CT molecular complexity index is 2300. The summed E-state index contributed by atoms with van der Waals surface area (Å²) in [7, 11) is 2.92. The van der Waals surface area contributed by atoms with E-state index in [2.05, 4.69) is 5.43 Å². The Kier molecular flexibility index (Phi) is 9.35. The van der Waals surface area contributed by atoms with Gasteiger partial charge in [-0.05, 0) is 96.5 Å². The fourth-order valence-electron chi connectivity index (χ4n) is 9.27. The van der Waals surface area contributed by atoms with Gasteiger partial charge >= 0.3 is 0 Å². The lowest BCUT2D eigenvalue weighted by molar-refractivity contribution is -0.138. The molecule has 2 aliphatic carbocycles. The Labute approximate surface area is 332 Å². The Balaban J connectivity index is 1.34. The number of rotatable bonds is 8. The van der Waals surface area contributed by atoms with Crippen molar-refractivity contribution in [2.75, 3.05) is 24.5 Å². The molecule has 2 N–H and O–H groups in total. The number of carbonyl (C=O) groups is 4. The fraction of sp³-hybridized carbons (Fsp3) is 0.286. The summed E-state index contributed by atoms with van der Waals surface area (Å²) >= 11 is 19.4. The average molecular weight is 801 g/mol. The predicted octanol–water partition coefficient (Wildman–Crippen LogP) is 8.12. The molecule has 0 aromatic heterocycles. The topological polar surface area (TPSA) is 125 Å². The van der Waals surface area contributed by atoms with Crippen LogP contribution in [-0.4, -0.2) is 48.0 Å². The monoisotopic (exact) mass is 799 g/mol. The molecule has 2 aliphatic heterocycles. The maximum atomic E-state index is 15.5. The largest absolute Gasteiger partial charge is 0.503 e. The summed E-state index contributed by atoms with van der Waals surface area (Å²) in [5.41, 5.74) is 4.92. The molecule has 0 radical (unpaired) electrons. The molecular formula is C42H36Cl3N3O7. The van der Waals surface area contributed by atoms with Gasteiger partial charge in [-0.2, -0.15) is 5.01 Å². The van der Waals surface area contributed by atoms with Crippen molar-refractivity contribution in [3.8, 4) is 17.2 Å². The van der Waals surface area contributed by atoms with Crippen LogP contribution in [0.3, 0.4) is 0 Å². The smallest absolute Gasteiger partial charge is 0.260 e. The van der Waals surface area contributed by atoms with Crippen LogP contribution in [0.2, 0.25) is 15.1 Å². The van der Waals surface area contributed by atoms with Gasteiger partial charge in [-0.1, -0.05) is 77.6 Å². The molecule has 10 nitrogen and oxygen atoms in total. The highest BCUT2D eigenvalue weighted by atomic mass is 35.5. The number of benzene rings is 4. The third-order valence-electron chi connectivity index (χ3n) is 11.8. The number of amides is 4. The summed E-state index contributed by atoms with van der Waals surface area (Å²) in [6, 6.07) is 22.2. The van der Waals surface area contributed by atoms with E-state index in [1.54, 1.807) is 60.7 Å². The van der Waals surface area contributed by atoms with Gasteiger partial charge in [-0.3, -0.25) is 29.5 Å². The van der Waals surface area contributed by atoms with Crippen molar-refractivity contribution in [1.29, 1.82) is 0 Å². The lowest BCUT2D eigenvalue weighted by atomic mass is 9.49. The molecule has 6 unspecified atom stereocenters. The third kappa shape index (κ3) is 5.59. The molecule has 2 heterocycles. The number of ether oxygens (including phenoxy) is 2. The minimum absolute atomic E-state index is 0.0271. The number of hydrazine groups is 1. The van der Waals surface area contributed by atoms with Crippen LogP contribution in [-0.2, 0) is 31.0 Å². The number of hydrogen-bond acceptors (Lipinski definition) is 8. The van der Waals surface area contributed by atoms with E-state index in [1.165, 1.54) is 25.2 Å². The molecule has 0 bridgehead atoms.